The van der Waals surface area contributed by atoms with Crippen LogP contribution >= 0.6 is 0 Å². The number of para-hydroxylation sites is 1. The van der Waals surface area contributed by atoms with Gasteiger partial charge in [0.15, 0.2) is 18.1 Å². The summed E-state index contributed by atoms with van der Waals surface area (Å²) >= 11 is 0. The molecule has 0 spiro atoms. The van der Waals surface area contributed by atoms with E-state index in [4.69, 9.17) is 14.6 Å². The topological polar surface area (TPSA) is 82.1 Å². The zero-order chi connectivity index (χ0) is 15.0. The Morgan fingerprint density at radius 2 is 2.05 bits per heavy atom. The summed E-state index contributed by atoms with van der Waals surface area (Å²) in [6.07, 6.45) is 2.70. The number of aliphatic carboxylic acids is 1. The van der Waals surface area contributed by atoms with Crippen LogP contribution < -0.4 is 9.47 Å². The largest absolute Gasteiger partial charge is 0.490 e. The van der Waals surface area contributed by atoms with Gasteiger partial charge in [0.05, 0.1) is 13.7 Å². The van der Waals surface area contributed by atoms with E-state index in [1.54, 1.807) is 25.1 Å². The minimum absolute atomic E-state index is 0.275. The van der Waals surface area contributed by atoms with Crippen molar-refractivity contribution >= 4 is 18.0 Å². The molecule has 0 aliphatic carbocycles. The first kappa shape index (κ1) is 15.6. The van der Waals surface area contributed by atoms with Gasteiger partial charge in [-0.1, -0.05) is 12.1 Å². The smallest absolute Gasteiger partial charge is 0.341 e. The number of hydrogen-bond acceptors (Lipinski definition) is 5. The maximum atomic E-state index is 11.1. The molecule has 0 atom stereocenters. The van der Waals surface area contributed by atoms with Gasteiger partial charge in [0, 0.05) is 11.6 Å². The van der Waals surface area contributed by atoms with Crippen molar-refractivity contribution in [2.24, 2.45) is 0 Å². The summed E-state index contributed by atoms with van der Waals surface area (Å²) in [5, 5.41) is 8.68. The molecule has 6 nitrogen and oxygen atoms in total. The molecule has 6 heteroatoms. The van der Waals surface area contributed by atoms with Crippen LogP contribution in [0.25, 0.3) is 6.08 Å². The lowest BCUT2D eigenvalue weighted by atomic mass is 10.1. The minimum Gasteiger partial charge on any atom is -0.490 e. The summed E-state index contributed by atoms with van der Waals surface area (Å²) in [4.78, 5) is 21.7. The Bertz CT molecular complexity index is 506. The van der Waals surface area contributed by atoms with Crippen LogP contribution in [0.1, 0.15) is 12.5 Å². The molecule has 1 aromatic carbocycles. The molecule has 0 saturated heterocycles. The molecule has 0 bridgehead atoms. The minimum atomic E-state index is -1.10. The first-order valence-corrected chi connectivity index (χ1v) is 5.95. The van der Waals surface area contributed by atoms with E-state index >= 15 is 0 Å². The lowest BCUT2D eigenvalue weighted by molar-refractivity contribution is -0.139. The van der Waals surface area contributed by atoms with E-state index in [1.807, 2.05) is 0 Å². The monoisotopic (exact) mass is 280 g/mol. The zero-order valence-corrected chi connectivity index (χ0v) is 11.3. The summed E-state index contributed by atoms with van der Waals surface area (Å²) in [5.41, 5.74) is 0.530. The molecule has 0 amide bonds. The average Bonchev–Trinajstić information content (AvgIpc) is 2.43. The van der Waals surface area contributed by atoms with Crippen LogP contribution in [0.4, 0.5) is 0 Å². The second-order valence-corrected chi connectivity index (χ2v) is 3.65. The zero-order valence-electron chi connectivity index (χ0n) is 11.3. The summed E-state index contributed by atoms with van der Waals surface area (Å²) in [5.74, 6) is -0.923. The van der Waals surface area contributed by atoms with Crippen LogP contribution in [0.3, 0.4) is 0 Å². The molecule has 0 saturated carbocycles. The van der Waals surface area contributed by atoms with Crippen molar-refractivity contribution in [3.05, 3.63) is 29.8 Å². The third kappa shape index (κ3) is 4.64. The Kier molecular flexibility index (Phi) is 6.09. The maximum absolute atomic E-state index is 11.1. The highest BCUT2D eigenvalue weighted by molar-refractivity contribution is 5.87. The number of methoxy groups -OCH3 is 1. The number of carboxylic acid groups (broad SMARTS) is 1. The predicted octanol–water partition coefficient (Wildman–Crippen LogP) is 1.73. The molecule has 0 unspecified atom stereocenters. The number of ether oxygens (including phenoxy) is 3. The Balaban J connectivity index is 3.07. The molecule has 0 heterocycles. The third-order valence-corrected chi connectivity index (χ3v) is 2.25. The number of rotatable bonds is 7. The van der Waals surface area contributed by atoms with Crippen LogP contribution in [0.15, 0.2) is 24.3 Å². The van der Waals surface area contributed by atoms with Crippen molar-refractivity contribution < 1.29 is 28.9 Å². The van der Waals surface area contributed by atoms with Crippen LogP contribution in [0.2, 0.25) is 0 Å². The van der Waals surface area contributed by atoms with Gasteiger partial charge in [0.1, 0.15) is 0 Å². The molecule has 1 aromatic rings. The second kappa shape index (κ2) is 7.83. The van der Waals surface area contributed by atoms with Gasteiger partial charge in [-0.2, -0.15) is 0 Å². The molecular weight excluding hydrogens is 264 g/mol. The van der Waals surface area contributed by atoms with E-state index in [0.29, 0.717) is 17.9 Å². The van der Waals surface area contributed by atoms with Gasteiger partial charge in [0.25, 0.3) is 0 Å². The van der Waals surface area contributed by atoms with E-state index < -0.39 is 18.5 Å². The van der Waals surface area contributed by atoms with E-state index in [9.17, 15) is 9.59 Å². The fourth-order valence-corrected chi connectivity index (χ4v) is 1.45. The normalized spacial score (nSPS) is 10.3. The van der Waals surface area contributed by atoms with Crippen molar-refractivity contribution in [3.63, 3.8) is 0 Å². The van der Waals surface area contributed by atoms with Crippen LogP contribution in [-0.4, -0.2) is 37.4 Å². The van der Waals surface area contributed by atoms with Crippen molar-refractivity contribution in [1.82, 2.24) is 0 Å². The van der Waals surface area contributed by atoms with Crippen molar-refractivity contribution in [2.45, 2.75) is 6.92 Å². The molecule has 0 aliphatic rings. The Morgan fingerprint density at radius 3 is 2.65 bits per heavy atom. The molecule has 1 N–H and O–H groups in total. The molecule has 0 aliphatic heterocycles. The van der Waals surface area contributed by atoms with Gasteiger partial charge < -0.3 is 19.3 Å². The van der Waals surface area contributed by atoms with Gasteiger partial charge in [0.2, 0.25) is 0 Å². The van der Waals surface area contributed by atoms with Crippen LogP contribution in [0, 0.1) is 0 Å². The molecule has 0 aromatic heterocycles. The maximum Gasteiger partial charge on any atom is 0.341 e. The second-order valence-electron chi connectivity index (χ2n) is 3.65. The molecule has 0 fully saturated rings. The Morgan fingerprint density at radius 1 is 1.30 bits per heavy atom. The number of carboxylic acids is 1. The van der Waals surface area contributed by atoms with Gasteiger partial charge in [-0.15, -0.1) is 0 Å². The Hall–Kier alpha value is -2.50. The first-order chi connectivity index (χ1) is 9.58. The van der Waals surface area contributed by atoms with E-state index in [1.165, 1.54) is 19.3 Å². The lowest BCUT2D eigenvalue weighted by Crippen LogP contribution is -2.11. The first-order valence-electron chi connectivity index (χ1n) is 5.95. The van der Waals surface area contributed by atoms with Crippen molar-refractivity contribution in [3.8, 4) is 11.5 Å². The highest BCUT2D eigenvalue weighted by atomic mass is 16.5. The van der Waals surface area contributed by atoms with Gasteiger partial charge in [-0.25, -0.2) is 9.59 Å². The summed E-state index contributed by atoms with van der Waals surface area (Å²) in [7, 11) is 1.27. The van der Waals surface area contributed by atoms with Crippen molar-refractivity contribution in [2.75, 3.05) is 20.3 Å². The lowest BCUT2D eigenvalue weighted by Gasteiger charge is -2.13. The fourth-order valence-electron chi connectivity index (χ4n) is 1.45. The SMILES string of the molecule is CCOc1cccc(C=CC(=O)OC)c1OCC(=O)O. The average molecular weight is 280 g/mol. The van der Waals surface area contributed by atoms with Gasteiger partial charge in [-0.3, -0.25) is 0 Å². The quantitative estimate of drug-likeness (QED) is 0.605. The number of carbonyl (C=O) groups is 2. The van der Waals surface area contributed by atoms with E-state index in [-0.39, 0.29) is 5.75 Å². The van der Waals surface area contributed by atoms with Gasteiger partial charge in [-0.05, 0) is 19.1 Å². The molecule has 1 rings (SSSR count). The summed E-state index contributed by atoms with van der Waals surface area (Å²) in [6.45, 7) is 1.72. The molecule has 0 radical (unpaired) electrons. The Labute approximate surface area is 116 Å². The number of carbonyl (C=O) groups excluding carboxylic acids is 1. The number of hydrogen-bond donors (Lipinski definition) is 1. The fraction of sp³-hybridized carbons (Fsp3) is 0.286. The molecular formula is C14H16O6. The standard InChI is InChI=1S/C14H16O6/c1-3-19-11-6-4-5-10(7-8-13(17)18-2)14(11)20-9-12(15)16/h4-8H,3,9H2,1-2H3,(H,15,16). The number of benzene rings is 1. The van der Waals surface area contributed by atoms with E-state index in [2.05, 4.69) is 4.74 Å². The predicted molar refractivity (Wildman–Crippen MR) is 71.8 cm³/mol. The van der Waals surface area contributed by atoms with Crippen LogP contribution in [-0.2, 0) is 14.3 Å². The third-order valence-electron chi connectivity index (χ3n) is 2.25. The highest BCUT2D eigenvalue weighted by Crippen LogP contribution is 2.32. The van der Waals surface area contributed by atoms with Gasteiger partial charge >= 0.3 is 11.9 Å². The van der Waals surface area contributed by atoms with Crippen molar-refractivity contribution in [1.29, 1.82) is 0 Å². The highest BCUT2D eigenvalue weighted by Gasteiger charge is 2.11. The summed E-state index contributed by atoms with van der Waals surface area (Å²) in [6, 6.07) is 5.06. The molecule has 20 heavy (non-hydrogen) atoms. The van der Waals surface area contributed by atoms with E-state index in [0.717, 1.165) is 0 Å². The van der Waals surface area contributed by atoms with Crippen LogP contribution in [0.5, 0.6) is 11.5 Å². The number of esters is 1. The summed E-state index contributed by atoms with van der Waals surface area (Å²) < 4.78 is 15.1. The molecule has 108 valence electrons.